The van der Waals surface area contributed by atoms with Gasteiger partial charge in [0.25, 0.3) is 5.69 Å². The first-order chi connectivity index (χ1) is 10.4. The molecule has 0 N–H and O–H groups in total. The fourth-order valence-corrected chi connectivity index (χ4v) is 1.74. The summed E-state index contributed by atoms with van der Waals surface area (Å²) in [4.78, 5) is 34.0. The number of benzene rings is 1. The monoisotopic (exact) mass is 367 g/mol. The zero-order valence-electron chi connectivity index (χ0n) is 14.0. The van der Waals surface area contributed by atoms with Crippen LogP contribution in [-0.2, 0) is 19.1 Å². The van der Waals surface area contributed by atoms with E-state index in [2.05, 4.69) is 0 Å². The van der Waals surface area contributed by atoms with Crippen LogP contribution in [0, 0.1) is 10.1 Å². The molecular weight excluding hydrogens is 353 g/mol. The molecule has 120 valence electrons. The molecule has 0 fully saturated rings. The van der Waals surface area contributed by atoms with Crippen molar-refractivity contribution in [3.63, 3.8) is 0 Å². The third-order valence-electron chi connectivity index (χ3n) is 2.48. The van der Waals surface area contributed by atoms with E-state index in [1.807, 2.05) is 0 Å². The van der Waals surface area contributed by atoms with Crippen molar-refractivity contribution in [3.8, 4) is 0 Å². The summed E-state index contributed by atoms with van der Waals surface area (Å²) < 4.78 is 9.53. The Morgan fingerprint density at radius 1 is 1.26 bits per heavy atom. The van der Waals surface area contributed by atoms with Crippen molar-refractivity contribution < 1.29 is 76.8 Å². The van der Waals surface area contributed by atoms with E-state index >= 15 is 0 Å². The Kier molecular flexibility index (Phi) is 10.5. The molecule has 0 bridgehead atoms. The number of rotatable bonds is 6. The number of nitro groups is 1. The Balaban J connectivity index is 0. The second kappa shape index (κ2) is 10.9. The molecule has 0 atom stereocenters. The van der Waals surface area contributed by atoms with Gasteiger partial charge in [-0.3, -0.25) is 10.1 Å². The molecule has 0 spiro atoms. The van der Waals surface area contributed by atoms with Gasteiger partial charge in [0.1, 0.15) is 5.57 Å². The summed E-state index contributed by atoms with van der Waals surface area (Å²) in [5, 5.41) is 11.2. The number of carbonyl (C=O) groups is 2. The van der Waals surface area contributed by atoms with Gasteiger partial charge < -0.3 is 10.9 Å². The van der Waals surface area contributed by atoms with Crippen LogP contribution >= 0.6 is 11.6 Å². The predicted molar refractivity (Wildman–Crippen MR) is 80.5 cm³/mol. The Hall–Kier alpha value is -0.774. The van der Waals surface area contributed by atoms with Crippen molar-refractivity contribution in [2.75, 3.05) is 13.2 Å². The van der Waals surface area contributed by atoms with Crippen LogP contribution in [0.4, 0.5) is 5.69 Å². The molecule has 0 heterocycles. The average Bonchev–Trinajstić information content (AvgIpc) is 2.46. The molecule has 0 saturated heterocycles. The van der Waals surface area contributed by atoms with E-state index in [9.17, 15) is 19.7 Å². The SMILES string of the molecule is CCOC(=O)C(=Cc1ccc(Cl)cc1[N+](=O)[O-])C(=O)OCC.[H-].[K+]. The molecule has 0 radical (unpaired) electrons. The van der Waals surface area contributed by atoms with Gasteiger partial charge in [-0.25, -0.2) is 9.59 Å². The van der Waals surface area contributed by atoms with E-state index in [1.54, 1.807) is 13.8 Å². The second-order valence-corrected chi connectivity index (χ2v) is 4.40. The minimum absolute atomic E-state index is 0. The number of hydrogen-bond acceptors (Lipinski definition) is 6. The van der Waals surface area contributed by atoms with Gasteiger partial charge in [0.15, 0.2) is 0 Å². The molecule has 23 heavy (non-hydrogen) atoms. The second-order valence-electron chi connectivity index (χ2n) is 3.96. The largest absolute Gasteiger partial charge is 1.00 e. The van der Waals surface area contributed by atoms with Crippen molar-refractivity contribution in [1.29, 1.82) is 0 Å². The minimum Gasteiger partial charge on any atom is -1.00 e. The van der Waals surface area contributed by atoms with Crippen molar-refractivity contribution in [2.45, 2.75) is 13.8 Å². The van der Waals surface area contributed by atoms with E-state index in [0.717, 1.165) is 12.1 Å². The van der Waals surface area contributed by atoms with Crippen LogP contribution < -0.4 is 51.4 Å². The molecule has 0 amide bonds. The fraction of sp³-hybridized carbons (Fsp3) is 0.286. The zero-order valence-corrected chi connectivity index (χ0v) is 16.9. The third-order valence-corrected chi connectivity index (χ3v) is 2.71. The van der Waals surface area contributed by atoms with Crippen LogP contribution in [0.15, 0.2) is 23.8 Å². The maximum atomic E-state index is 11.8. The number of ether oxygens (including phenoxy) is 2. The fourth-order valence-electron chi connectivity index (χ4n) is 1.57. The summed E-state index contributed by atoms with van der Waals surface area (Å²) in [6.07, 6.45) is 1.06. The Morgan fingerprint density at radius 2 is 1.78 bits per heavy atom. The van der Waals surface area contributed by atoms with Crippen molar-refractivity contribution in [3.05, 3.63) is 44.5 Å². The van der Waals surface area contributed by atoms with Gasteiger partial charge in [-0.1, -0.05) is 11.6 Å². The topological polar surface area (TPSA) is 95.7 Å². The first-order valence-corrected chi connectivity index (χ1v) is 6.78. The van der Waals surface area contributed by atoms with E-state index < -0.39 is 22.4 Å². The summed E-state index contributed by atoms with van der Waals surface area (Å²) >= 11 is 5.71. The minimum atomic E-state index is -0.912. The first-order valence-electron chi connectivity index (χ1n) is 6.40. The number of nitrogens with zero attached hydrogens (tertiary/aromatic N) is 1. The van der Waals surface area contributed by atoms with E-state index in [4.69, 9.17) is 21.1 Å². The summed E-state index contributed by atoms with van der Waals surface area (Å²) in [7, 11) is 0. The standard InChI is InChI=1S/C14H14ClNO6.K.H/c1-3-21-13(17)11(14(18)22-4-2)7-9-5-6-10(15)8-12(9)16(19)20;;/h5-8H,3-4H2,1-2H3;;/q;+1;-1. The summed E-state index contributed by atoms with van der Waals surface area (Å²) in [5.74, 6) is -1.82. The maximum absolute atomic E-state index is 11.8. The van der Waals surface area contributed by atoms with E-state index in [1.165, 1.54) is 12.1 Å². The normalized spacial score (nSPS) is 9.35. The molecule has 0 aliphatic carbocycles. The van der Waals surface area contributed by atoms with E-state index in [-0.39, 0.29) is 82.3 Å². The third kappa shape index (κ3) is 6.70. The molecule has 9 heteroatoms. The molecule has 1 aromatic carbocycles. The molecular formula is C14H15ClKNO6. The summed E-state index contributed by atoms with van der Waals surface area (Å²) in [5.41, 5.74) is -0.710. The van der Waals surface area contributed by atoms with Gasteiger partial charge in [-0.05, 0) is 32.1 Å². The van der Waals surface area contributed by atoms with Crippen LogP contribution in [0.1, 0.15) is 20.8 Å². The molecule has 0 aliphatic rings. The van der Waals surface area contributed by atoms with Crippen LogP contribution in [0.25, 0.3) is 6.08 Å². The van der Waals surface area contributed by atoms with Gasteiger partial charge >= 0.3 is 63.3 Å². The summed E-state index contributed by atoms with van der Waals surface area (Å²) in [6, 6.07) is 3.87. The number of hydrogen-bond donors (Lipinski definition) is 0. The van der Waals surface area contributed by atoms with Crippen LogP contribution in [0.5, 0.6) is 0 Å². The Morgan fingerprint density at radius 3 is 2.22 bits per heavy atom. The Bertz CT molecular complexity index is 618. The molecule has 1 rings (SSSR count). The van der Waals surface area contributed by atoms with Crippen LogP contribution in [0.3, 0.4) is 0 Å². The summed E-state index contributed by atoms with van der Waals surface area (Å²) in [6.45, 7) is 3.26. The van der Waals surface area contributed by atoms with Gasteiger partial charge in [-0.2, -0.15) is 0 Å². The van der Waals surface area contributed by atoms with Gasteiger partial charge in [0.05, 0.1) is 23.7 Å². The van der Waals surface area contributed by atoms with Crippen molar-refractivity contribution in [2.24, 2.45) is 0 Å². The molecule has 0 unspecified atom stereocenters. The molecule has 7 nitrogen and oxygen atoms in total. The van der Waals surface area contributed by atoms with Gasteiger partial charge in [-0.15, -0.1) is 0 Å². The molecule has 1 aromatic rings. The first kappa shape index (κ1) is 22.2. The number of esters is 2. The zero-order chi connectivity index (χ0) is 16.7. The van der Waals surface area contributed by atoms with Crippen LogP contribution in [0.2, 0.25) is 5.02 Å². The molecule has 0 aliphatic heterocycles. The molecule has 0 saturated carbocycles. The predicted octanol–water partition coefficient (Wildman–Crippen LogP) is -0.126. The number of halogens is 1. The molecule has 0 aromatic heterocycles. The van der Waals surface area contributed by atoms with Gasteiger partial charge in [0, 0.05) is 11.1 Å². The number of carbonyl (C=O) groups excluding carboxylic acids is 2. The number of nitro benzene ring substituents is 1. The van der Waals surface area contributed by atoms with Crippen LogP contribution in [-0.4, -0.2) is 30.1 Å². The quantitative estimate of drug-likeness (QED) is 0.132. The smallest absolute Gasteiger partial charge is 1.00 e. The van der Waals surface area contributed by atoms with E-state index in [0.29, 0.717) is 0 Å². The average molecular weight is 368 g/mol. The maximum Gasteiger partial charge on any atom is 1.00 e. The van der Waals surface area contributed by atoms with Gasteiger partial charge in [0.2, 0.25) is 0 Å². The Labute approximate surface area is 182 Å². The van der Waals surface area contributed by atoms with Crippen molar-refractivity contribution >= 4 is 35.3 Å². The van der Waals surface area contributed by atoms with Crippen molar-refractivity contribution in [1.82, 2.24) is 0 Å².